The molecule has 0 unspecified atom stereocenters. The number of carbonyl (C=O) groups is 2. The first-order valence-electron chi connectivity index (χ1n) is 11.0. The van der Waals surface area contributed by atoms with Gasteiger partial charge >= 0.3 is 0 Å². The summed E-state index contributed by atoms with van der Waals surface area (Å²) in [4.78, 5) is 29.9. The van der Waals surface area contributed by atoms with Crippen LogP contribution in [-0.2, 0) is 11.2 Å². The Bertz CT molecular complexity index is 975. The normalized spacial score (nSPS) is 14.4. The molecule has 0 aliphatic carbocycles. The van der Waals surface area contributed by atoms with Gasteiger partial charge in [0.25, 0.3) is 0 Å². The van der Waals surface area contributed by atoms with Crippen LogP contribution in [0.2, 0.25) is 0 Å². The van der Waals surface area contributed by atoms with E-state index in [9.17, 15) is 9.59 Å². The van der Waals surface area contributed by atoms with Gasteiger partial charge in [-0.2, -0.15) is 0 Å². The molecule has 5 heteroatoms. The van der Waals surface area contributed by atoms with Crippen LogP contribution in [0.1, 0.15) is 74.4 Å². The minimum Gasteiger partial charge on any atom is -0.497 e. The Labute approximate surface area is 184 Å². The molecular formula is C26H32N2O3. The highest BCUT2D eigenvalue weighted by Gasteiger charge is 2.28. The number of benzene rings is 2. The van der Waals surface area contributed by atoms with Crippen LogP contribution in [0.15, 0.2) is 47.5 Å². The summed E-state index contributed by atoms with van der Waals surface area (Å²) in [5.74, 6) is 0.778. The first-order valence-corrected chi connectivity index (χ1v) is 11.0. The van der Waals surface area contributed by atoms with Gasteiger partial charge in [0.15, 0.2) is 5.78 Å². The van der Waals surface area contributed by atoms with E-state index in [0.29, 0.717) is 17.7 Å². The number of Topliss-reactive ketones (excluding diaryl/α,β-unsaturated/α-hetero) is 1. The summed E-state index contributed by atoms with van der Waals surface area (Å²) in [6, 6.07) is 13.1. The highest BCUT2D eigenvalue weighted by molar-refractivity contribution is 6.17. The van der Waals surface area contributed by atoms with Crippen LogP contribution in [0.5, 0.6) is 5.75 Å². The third kappa shape index (κ3) is 6.03. The van der Waals surface area contributed by atoms with Crippen molar-refractivity contribution >= 4 is 23.1 Å². The number of methoxy groups -OCH3 is 1. The van der Waals surface area contributed by atoms with E-state index in [1.807, 2.05) is 12.1 Å². The molecule has 0 spiro atoms. The van der Waals surface area contributed by atoms with Gasteiger partial charge in [-0.3, -0.25) is 14.6 Å². The van der Waals surface area contributed by atoms with E-state index in [-0.39, 0.29) is 23.7 Å². The standard InChI is InChI=1S/C26H32N2O3/c1-5-6-7-8-25(30)27-20-12-9-18(10-13-20)24(29)16-23-22-15-21(31-4)14-11-19(22)17-26(2,3)28-23/h9-15H,5-8,16-17H2,1-4H3,(H,27,30). The Kier molecular flexibility index (Phi) is 7.26. The lowest BCUT2D eigenvalue weighted by molar-refractivity contribution is -0.116. The van der Waals surface area contributed by atoms with E-state index >= 15 is 0 Å². The van der Waals surface area contributed by atoms with Crippen LogP contribution in [0, 0.1) is 0 Å². The maximum absolute atomic E-state index is 13.0. The minimum absolute atomic E-state index is 0.00559. The predicted molar refractivity (Wildman–Crippen MR) is 125 cm³/mol. The molecule has 0 radical (unpaired) electrons. The zero-order chi connectivity index (χ0) is 22.4. The topological polar surface area (TPSA) is 67.8 Å². The number of amides is 1. The van der Waals surface area contributed by atoms with E-state index < -0.39 is 0 Å². The zero-order valence-electron chi connectivity index (χ0n) is 19.0. The number of nitrogens with zero attached hydrogens (tertiary/aromatic N) is 1. The fourth-order valence-electron chi connectivity index (χ4n) is 3.92. The van der Waals surface area contributed by atoms with Gasteiger partial charge < -0.3 is 10.1 Å². The molecule has 0 fully saturated rings. The first-order chi connectivity index (χ1) is 14.8. The second-order valence-electron chi connectivity index (χ2n) is 8.75. The number of ether oxygens (including phenoxy) is 1. The fourth-order valence-corrected chi connectivity index (χ4v) is 3.92. The van der Waals surface area contributed by atoms with E-state index in [0.717, 1.165) is 42.7 Å². The summed E-state index contributed by atoms with van der Waals surface area (Å²) >= 11 is 0. The predicted octanol–water partition coefficient (Wildman–Crippen LogP) is 5.61. The first kappa shape index (κ1) is 22.7. The van der Waals surface area contributed by atoms with Gasteiger partial charge in [-0.25, -0.2) is 0 Å². The molecule has 1 heterocycles. The number of carbonyl (C=O) groups excluding carboxylic acids is 2. The van der Waals surface area contributed by atoms with Gasteiger partial charge in [-0.05, 0) is 68.7 Å². The molecule has 1 amide bonds. The lowest BCUT2D eigenvalue weighted by Crippen LogP contribution is -2.30. The Hall–Kier alpha value is -2.95. The number of ketones is 1. The Morgan fingerprint density at radius 3 is 2.52 bits per heavy atom. The molecule has 1 N–H and O–H groups in total. The van der Waals surface area contributed by atoms with E-state index in [1.54, 1.807) is 31.4 Å². The summed E-state index contributed by atoms with van der Waals surface area (Å²) in [6.07, 6.45) is 4.61. The number of aliphatic imine (C=N–C) groups is 1. The highest BCUT2D eigenvalue weighted by atomic mass is 16.5. The molecule has 0 aromatic heterocycles. The van der Waals surface area contributed by atoms with Crippen LogP contribution in [-0.4, -0.2) is 30.1 Å². The quantitative estimate of drug-likeness (QED) is 0.423. The van der Waals surface area contributed by atoms with Crippen LogP contribution < -0.4 is 10.1 Å². The van der Waals surface area contributed by atoms with Gasteiger partial charge in [0.1, 0.15) is 5.75 Å². The molecule has 164 valence electrons. The second kappa shape index (κ2) is 9.90. The lowest BCUT2D eigenvalue weighted by atomic mass is 9.85. The largest absolute Gasteiger partial charge is 0.497 e. The minimum atomic E-state index is -0.247. The van der Waals surface area contributed by atoms with Crippen LogP contribution >= 0.6 is 0 Å². The lowest BCUT2D eigenvalue weighted by Gasteiger charge is -2.29. The Morgan fingerprint density at radius 2 is 1.84 bits per heavy atom. The van der Waals surface area contributed by atoms with Crippen molar-refractivity contribution in [3.8, 4) is 5.75 Å². The molecule has 31 heavy (non-hydrogen) atoms. The molecule has 1 aliphatic heterocycles. The highest BCUT2D eigenvalue weighted by Crippen LogP contribution is 2.31. The molecule has 0 saturated heterocycles. The fraction of sp³-hybridized carbons (Fsp3) is 0.423. The van der Waals surface area contributed by atoms with Crippen molar-refractivity contribution in [1.82, 2.24) is 0 Å². The number of nitrogens with one attached hydrogen (secondary N) is 1. The number of hydrogen-bond donors (Lipinski definition) is 1. The van der Waals surface area contributed by atoms with Crippen LogP contribution in [0.4, 0.5) is 5.69 Å². The average molecular weight is 421 g/mol. The number of anilines is 1. The van der Waals surface area contributed by atoms with Crippen molar-refractivity contribution in [2.75, 3.05) is 12.4 Å². The number of rotatable bonds is 9. The molecule has 2 aromatic carbocycles. The Balaban J connectivity index is 1.71. The van der Waals surface area contributed by atoms with Gasteiger partial charge in [-0.1, -0.05) is 25.8 Å². The van der Waals surface area contributed by atoms with Crippen molar-refractivity contribution in [2.24, 2.45) is 4.99 Å². The summed E-state index contributed by atoms with van der Waals surface area (Å²) in [5, 5.41) is 2.90. The van der Waals surface area contributed by atoms with Crippen molar-refractivity contribution in [2.45, 2.75) is 64.8 Å². The van der Waals surface area contributed by atoms with E-state index in [4.69, 9.17) is 9.73 Å². The van der Waals surface area contributed by atoms with Crippen molar-refractivity contribution in [3.05, 3.63) is 59.2 Å². The molecular weight excluding hydrogens is 388 g/mol. The Morgan fingerprint density at radius 1 is 1.10 bits per heavy atom. The van der Waals surface area contributed by atoms with Crippen molar-refractivity contribution in [1.29, 1.82) is 0 Å². The van der Waals surface area contributed by atoms with Gasteiger partial charge in [0.2, 0.25) is 5.91 Å². The van der Waals surface area contributed by atoms with Gasteiger partial charge in [0.05, 0.1) is 24.8 Å². The second-order valence-corrected chi connectivity index (χ2v) is 8.75. The van der Waals surface area contributed by atoms with Crippen molar-refractivity contribution in [3.63, 3.8) is 0 Å². The summed E-state index contributed by atoms with van der Waals surface area (Å²) in [7, 11) is 1.64. The average Bonchev–Trinajstić information content (AvgIpc) is 2.73. The van der Waals surface area contributed by atoms with Crippen molar-refractivity contribution < 1.29 is 14.3 Å². The van der Waals surface area contributed by atoms with Crippen LogP contribution in [0.3, 0.4) is 0 Å². The number of unbranched alkanes of at least 4 members (excludes halogenated alkanes) is 2. The number of hydrogen-bond acceptors (Lipinski definition) is 4. The van der Waals surface area contributed by atoms with Crippen LogP contribution in [0.25, 0.3) is 0 Å². The molecule has 3 rings (SSSR count). The number of fused-ring (bicyclic) bond motifs is 1. The molecule has 5 nitrogen and oxygen atoms in total. The maximum Gasteiger partial charge on any atom is 0.224 e. The summed E-state index contributed by atoms with van der Waals surface area (Å²) in [6.45, 7) is 6.29. The summed E-state index contributed by atoms with van der Waals surface area (Å²) in [5.41, 5.74) is 4.04. The maximum atomic E-state index is 13.0. The molecule has 0 bridgehead atoms. The van der Waals surface area contributed by atoms with E-state index in [1.165, 1.54) is 5.56 Å². The monoisotopic (exact) mass is 420 g/mol. The smallest absolute Gasteiger partial charge is 0.224 e. The third-order valence-electron chi connectivity index (χ3n) is 5.51. The molecule has 0 saturated carbocycles. The van der Waals surface area contributed by atoms with Gasteiger partial charge in [-0.15, -0.1) is 0 Å². The molecule has 1 aliphatic rings. The molecule has 2 aromatic rings. The summed E-state index contributed by atoms with van der Waals surface area (Å²) < 4.78 is 5.37. The zero-order valence-corrected chi connectivity index (χ0v) is 19.0. The third-order valence-corrected chi connectivity index (χ3v) is 5.51. The molecule has 0 atom stereocenters. The van der Waals surface area contributed by atoms with Gasteiger partial charge in [0, 0.05) is 23.2 Å². The SMILES string of the molecule is CCCCCC(=O)Nc1ccc(C(=O)CC2=NC(C)(C)Cc3ccc(OC)cc32)cc1. The van der Waals surface area contributed by atoms with E-state index in [2.05, 4.69) is 32.2 Å².